The Labute approximate surface area is 115 Å². The van der Waals surface area contributed by atoms with Gasteiger partial charge in [-0.25, -0.2) is 0 Å². The molecule has 104 valence electrons. The smallest absolute Gasteiger partial charge is 0.296 e. The molecule has 4 bridgehead atoms. The highest BCUT2D eigenvalue weighted by Crippen LogP contribution is 2.63. The summed E-state index contributed by atoms with van der Waals surface area (Å²) in [6.45, 7) is 2.59. The maximum absolute atomic E-state index is 11.7. The van der Waals surface area contributed by atoms with Crippen LogP contribution in [0.25, 0.3) is 0 Å². The molecular formula is C16H24N2O. The van der Waals surface area contributed by atoms with Crippen molar-refractivity contribution >= 4 is 5.91 Å². The molecule has 4 fully saturated rings. The number of hydrogen-bond acceptors (Lipinski definition) is 2. The van der Waals surface area contributed by atoms with Gasteiger partial charge >= 0.3 is 0 Å². The van der Waals surface area contributed by atoms with Crippen LogP contribution in [-0.2, 0) is 4.79 Å². The molecule has 4 saturated carbocycles. The molecular weight excluding hydrogens is 236 g/mol. The van der Waals surface area contributed by atoms with Crippen molar-refractivity contribution in [2.75, 3.05) is 6.54 Å². The molecule has 1 amide bonds. The summed E-state index contributed by atoms with van der Waals surface area (Å²) in [5.74, 6) is 4.41. The zero-order valence-corrected chi connectivity index (χ0v) is 11.7. The van der Waals surface area contributed by atoms with Crippen LogP contribution in [0, 0.1) is 35.5 Å². The van der Waals surface area contributed by atoms with Gasteiger partial charge in [0.1, 0.15) is 0 Å². The van der Waals surface area contributed by atoms with Gasteiger partial charge in [0.25, 0.3) is 5.91 Å². The van der Waals surface area contributed by atoms with E-state index < -0.39 is 0 Å². The van der Waals surface area contributed by atoms with Gasteiger partial charge < -0.3 is 11.1 Å². The predicted octanol–water partition coefficient (Wildman–Crippen LogP) is 1.67. The molecule has 0 aliphatic heterocycles. The number of carbonyl (C=O) groups excluding carboxylic acids is 1. The summed E-state index contributed by atoms with van der Waals surface area (Å²) >= 11 is 0. The molecule has 3 heteroatoms. The van der Waals surface area contributed by atoms with Crippen LogP contribution >= 0.6 is 0 Å². The van der Waals surface area contributed by atoms with E-state index in [1.807, 2.05) is 0 Å². The monoisotopic (exact) mass is 260 g/mol. The summed E-state index contributed by atoms with van der Waals surface area (Å²) in [7, 11) is 0. The molecule has 0 aromatic rings. The van der Waals surface area contributed by atoms with Gasteiger partial charge in [0.2, 0.25) is 0 Å². The van der Waals surface area contributed by atoms with Crippen LogP contribution in [-0.4, -0.2) is 18.0 Å². The van der Waals surface area contributed by atoms with Crippen molar-refractivity contribution in [3.8, 4) is 12.3 Å². The van der Waals surface area contributed by atoms with Crippen LogP contribution in [0.15, 0.2) is 0 Å². The maximum Gasteiger partial charge on any atom is 0.296 e. The lowest BCUT2D eigenvalue weighted by Crippen LogP contribution is -2.67. The first kappa shape index (κ1) is 13.0. The van der Waals surface area contributed by atoms with Crippen LogP contribution in [0.5, 0.6) is 0 Å². The van der Waals surface area contributed by atoms with Crippen molar-refractivity contribution in [2.45, 2.75) is 51.0 Å². The first-order valence-electron chi connectivity index (χ1n) is 7.49. The Hall–Kier alpha value is -1.01. The molecule has 1 unspecified atom stereocenters. The van der Waals surface area contributed by atoms with Crippen LogP contribution < -0.4 is 11.1 Å². The van der Waals surface area contributed by atoms with Crippen molar-refractivity contribution in [3.05, 3.63) is 0 Å². The van der Waals surface area contributed by atoms with Crippen molar-refractivity contribution in [1.29, 1.82) is 0 Å². The number of hydrogen-bond donors (Lipinski definition) is 2. The third-order valence-corrected chi connectivity index (χ3v) is 6.14. The highest BCUT2D eigenvalue weighted by molar-refractivity contribution is 5.93. The van der Waals surface area contributed by atoms with Crippen molar-refractivity contribution in [2.24, 2.45) is 28.9 Å². The van der Waals surface area contributed by atoms with Gasteiger partial charge in [-0.2, -0.15) is 0 Å². The summed E-state index contributed by atoms with van der Waals surface area (Å²) < 4.78 is 0. The van der Waals surface area contributed by atoms with Crippen molar-refractivity contribution in [3.63, 3.8) is 0 Å². The third-order valence-electron chi connectivity index (χ3n) is 6.14. The van der Waals surface area contributed by atoms with Crippen LogP contribution in [0.2, 0.25) is 0 Å². The maximum atomic E-state index is 11.7. The fourth-order valence-corrected chi connectivity index (χ4v) is 5.47. The van der Waals surface area contributed by atoms with E-state index in [0.29, 0.717) is 6.54 Å². The molecule has 0 heterocycles. The van der Waals surface area contributed by atoms with Gasteiger partial charge in [0.05, 0.1) is 5.54 Å². The molecule has 0 radical (unpaired) electrons. The Balaban J connectivity index is 1.90. The Morgan fingerprint density at radius 2 is 1.79 bits per heavy atom. The molecule has 19 heavy (non-hydrogen) atoms. The first-order chi connectivity index (χ1) is 9.00. The Kier molecular flexibility index (Phi) is 2.90. The van der Waals surface area contributed by atoms with Gasteiger partial charge in [-0.15, -0.1) is 6.42 Å². The normalized spacial score (nSPS) is 42.5. The molecule has 3 nitrogen and oxygen atoms in total. The van der Waals surface area contributed by atoms with Gasteiger partial charge in [-0.05, 0) is 74.5 Å². The van der Waals surface area contributed by atoms with Crippen LogP contribution in [0.4, 0.5) is 0 Å². The van der Waals surface area contributed by atoms with E-state index in [4.69, 9.17) is 12.2 Å². The third kappa shape index (κ3) is 1.89. The van der Waals surface area contributed by atoms with E-state index in [9.17, 15) is 4.79 Å². The lowest BCUT2D eigenvalue weighted by atomic mass is 9.45. The molecule has 4 aliphatic rings. The summed E-state index contributed by atoms with van der Waals surface area (Å²) in [4.78, 5) is 11.7. The van der Waals surface area contributed by atoms with Gasteiger partial charge in [-0.3, -0.25) is 4.79 Å². The average Bonchev–Trinajstić information content (AvgIpc) is 2.36. The zero-order valence-electron chi connectivity index (χ0n) is 11.7. The van der Waals surface area contributed by atoms with E-state index >= 15 is 0 Å². The highest BCUT2D eigenvalue weighted by atomic mass is 16.1. The number of carbonyl (C=O) groups is 1. The number of nitrogens with one attached hydrogen (secondary N) is 1. The summed E-state index contributed by atoms with van der Waals surface area (Å²) in [5, 5.41) is 3.05. The molecule has 4 rings (SSSR count). The summed E-state index contributed by atoms with van der Waals surface area (Å²) in [6.07, 6.45) is 13.1. The standard InChI is InChI=1S/C16H24N2O/c1-3-14(19)18-15(2,10-17)16-7-11-4-12(8-16)6-13(5-11)9-16/h1,11-13H,4-10,17H2,2H3,(H,18,19). The SMILES string of the molecule is C#CC(=O)NC(C)(CN)C12CC3CC(CC(C3)C1)C2. The van der Waals surface area contributed by atoms with E-state index in [1.54, 1.807) is 0 Å². The van der Waals surface area contributed by atoms with Crippen LogP contribution in [0.1, 0.15) is 45.4 Å². The predicted molar refractivity (Wildman–Crippen MR) is 75.0 cm³/mol. The van der Waals surface area contributed by atoms with Gasteiger partial charge in [0.15, 0.2) is 0 Å². The number of terminal acetylenes is 1. The second kappa shape index (κ2) is 4.24. The average molecular weight is 260 g/mol. The summed E-state index contributed by atoms with van der Waals surface area (Å²) in [5.41, 5.74) is 5.89. The van der Waals surface area contributed by atoms with E-state index in [2.05, 4.69) is 18.2 Å². The Morgan fingerprint density at radius 3 is 2.16 bits per heavy atom. The molecule has 0 aromatic carbocycles. The Morgan fingerprint density at radius 1 is 1.32 bits per heavy atom. The molecule has 4 aliphatic carbocycles. The first-order valence-corrected chi connectivity index (χ1v) is 7.49. The number of rotatable bonds is 3. The lowest BCUT2D eigenvalue weighted by molar-refractivity contribution is -0.128. The minimum absolute atomic E-state index is 0.184. The van der Waals surface area contributed by atoms with Crippen molar-refractivity contribution < 1.29 is 4.79 Å². The number of amides is 1. The Bertz CT molecular complexity index is 401. The largest absolute Gasteiger partial charge is 0.338 e. The topological polar surface area (TPSA) is 55.1 Å². The lowest BCUT2D eigenvalue weighted by Gasteiger charge is -2.62. The van der Waals surface area contributed by atoms with Gasteiger partial charge in [-0.1, -0.05) is 0 Å². The second-order valence-electron chi connectivity index (χ2n) is 7.33. The van der Waals surface area contributed by atoms with Crippen LogP contribution in [0.3, 0.4) is 0 Å². The highest BCUT2D eigenvalue weighted by Gasteiger charge is 2.58. The minimum atomic E-state index is -0.341. The minimum Gasteiger partial charge on any atom is -0.338 e. The molecule has 1 atom stereocenters. The van der Waals surface area contributed by atoms with E-state index in [-0.39, 0.29) is 16.9 Å². The fourth-order valence-electron chi connectivity index (χ4n) is 5.47. The van der Waals surface area contributed by atoms with E-state index in [0.717, 1.165) is 17.8 Å². The molecule has 0 spiro atoms. The number of nitrogens with two attached hydrogens (primary N) is 1. The van der Waals surface area contributed by atoms with E-state index in [1.165, 1.54) is 38.5 Å². The van der Waals surface area contributed by atoms with Crippen molar-refractivity contribution in [1.82, 2.24) is 5.32 Å². The fraction of sp³-hybridized carbons (Fsp3) is 0.812. The molecule has 0 aromatic heterocycles. The quantitative estimate of drug-likeness (QED) is 0.758. The zero-order chi connectivity index (χ0) is 13.7. The van der Waals surface area contributed by atoms with Gasteiger partial charge in [0, 0.05) is 6.54 Å². The molecule has 3 N–H and O–H groups in total. The summed E-state index contributed by atoms with van der Waals surface area (Å²) in [6, 6.07) is 0. The second-order valence-corrected chi connectivity index (χ2v) is 7.33. The molecule has 0 saturated heterocycles.